The monoisotopic (exact) mass is 317 g/mol. The first-order valence-corrected chi connectivity index (χ1v) is 7.56. The highest BCUT2D eigenvalue weighted by atomic mass is 16.5. The van der Waals surface area contributed by atoms with E-state index < -0.39 is 0 Å². The standard InChI is InChI=1S/C17H23N3O3/c1-12-15(17(21)18-10-5-11-20(2)3)16(23-19-12)13-6-8-14(22-4)9-7-13/h6-9H,5,10-11H2,1-4H3,(H,18,21). The molecule has 0 unspecified atom stereocenters. The van der Waals surface area contributed by atoms with Crippen LogP contribution in [-0.4, -0.2) is 50.3 Å². The Morgan fingerprint density at radius 2 is 2.00 bits per heavy atom. The Morgan fingerprint density at radius 1 is 1.30 bits per heavy atom. The summed E-state index contributed by atoms with van der Waals surface area (Å²) >= 11 is 0. The number of amides is 1. The molecule has 0 fully saturated rings. The van der Waals surface area contributed by atoms with Gasteiger partial charge in [0.1, 0.15) is 11.3 Å². The molecule has 6 heteroatoms. The van der Waals surface area contributed by atoms with Gasteiger partial charge in [0.15, 0.2) is 5.76 Å². The third-order valence-corrected chi connectivity index (χ3v) is 3.51. The molecule has 1 aromatic heterocycles. The summed E-state index contributed by atoms with van der Waals surface area (Å²) in [6.07, 6.45) is 0.890. The molecule has 124 valence electrons. The lowest BCUT2D eigenvalue weighted by molar-refractivity contribution is 0.0952. The summed E-state index contributed by atoms with van der Waals surface area (Å²) < 4.78 is 10.5. The Morgan fingerprint density at radius 3 is 2.61 bits per heavy atom. The molecular formula is C17H23N3O3. The quantitative estimate of drug-likeness (QED) is 0.794. The molecule has 1 amide bonds. The summed E-state index contributed by atoms with van der Waals surface area (Å²) in [4.78, 5) is 14.5. The van der Waals surface area contributed by atoms with E-state index in [1.165, 1.54) is 0 Å². The van der Waals surface area contributed by atoms with Crippen molar-refractivity contribution in [3.05, 3.63) is 35.5 Å². The third kappa shape index (κ3) is 4.32. The molecule has 0 bridgehead atoms. The summed E-state index contributed by atoms with van der Waals surface area (Å²) in [7, 11) is 5.63. The van der Waals surface area contributed by atoms with Crippen LogP contribution in [0.25, 0.3) is 11.3 Å². The van der Waals surface area contributed by atoms with E-state index in [-0.39, 0.29) is 5.91 Å². The highest BCUT2D eigenvalue weighted by Crippen LogP contribution is 2.27. The van der Waals surface area contributed by atoms with Crippen molar-refractivity contribution in [1.29, 1.82) is 0 Å². The predicted octanol–water partition coefficient (Wildman–Crippen LogP) is 2.34. The molecule has 0 saturated heterocycles. The lowest BCUT2D eigenvalue weighted by atomic mass is 10.1. The fourth-order valence-corrected chi connectivity index (χ4v) is 2.26. The van der Waals surface area contributed by atoms with Crippen molar-refractivity contribution in [2.75, 3.05) is 34.3 Å². The average molecular weight is 317 g/mol. The first-order chi connectivity index (χ1) is 11.0. The zero-order valence-corrected chi connectivity index (χ0v) is 14.0. The molecule has 23 heavy (non-hydrogen) atoms. The number of benzene rings is 1. The molecule has 0 aliphatic carbocycles. The molecule has 0 atom stereocenters. The molecule has 0 saturated carbocycles. The number of rotatable bonds is 7. The second kappa shape index (κ2) is 7.78. The highest BCUT2D eigenvalue weighted by Gasteiger charge is 2.21. The lowest BCUT2D eigenvalue weighted by Crippen LogP contribution is -2.27. The summed E-state index contributed by atoms with van der Waals surface area (Å²) in [5.41, 5.74) is 1.87. The van der Waals surface area contributed by atoms with Crippen LogP contribution in [0.5, 0.6) is 5.75 Å². The number of carbonyl (C=O) groups is 1. The minimum atomic E-state index is -0.159. The van der Waals surface area contributed by atoms with E-state index in [4.69, 9.17) is 9.26 Å². The van der Waals surface area contributed by atoms with Gasteiger partial charge in [-0.15, -0.1) is 0 Å². The Balaban J connectivity index is 2.12. The Labute approximate surface area is 136 Å². The Hall–Kier alpha value is -2.34. The molecule has 2 rings (SSSR count). The first kappa shape index (κ1) is 17.0. The molecule has 0 spiro atoms. The van der Waals surface area contributed by atoms with Gasteiger partial charge in [0, 0.05) is 12.1 Å². The van der Waals surface area contributed by atoms with E-state index in [1.807, 2.05) is 38.4 Å². The van der Waals surface area contributed by atoms with Gasteiger partial charge in [-0.2, -0.15) is 0 Å². The van der Waals surface area contributed by atoms with Crippen LogP contribution in [0.1, 0.15) is 22.5 Å². The van der Waals surface area contributed by atoms with Crippen molar-refractivity contribution < 1.29 is 14.1 Å². The average Bonchev–Trinajstić information content (AvgIpc) is 2.93. The van der Waals surface area contributed by atoms with Crippen LogP contribution >= 0.6 is 0 Å². The van der Waals surface area contributed by atoms with Crippen LogP contribution in [0.3, 0.4) is 0 Å². The predicted molar refractivity (Wildman–Crippen MR) is 88.7 cm³/mol. The zero-order chi connectivity index (χ0) is 16.8. The second-order valence-electron chi connectivity index (χ2n) is 5.61. The number of carbonyl (C=O) groups excluding carboxylic acids is 1. The molecule has 0 radical (unpaired) electrons. The molecule has 1 aromatic carbocycles. The number of nitrogens with one attached hydrogen (secondary N) is 1. The zero-order valence-electron chi connectivity index (χ0n) is 14.0. The minimum absolute atomic E-state index is 0.159. The number of hydrogen-bond acceptors (Lipinski definition) is 5. The van der Waals surface area contributed by atoms with E-state index in [9.17, 15) is 4.79 Å². The fourth-order valence-electron chi connectivity index (χ4n) is 2.26. The highest BCUT2D eigenvalue weighted by molar-refractivity contribution is 6.00. The van der Waals surface area contributed by atoms with Crippen molar-refractivity contribution in [3.8, 4) is 17.1 Å². The smallest absolute Gasteiger partial charge is 0.257 e. The number of aryl methyl sites for hydroxylation is 1. The van der Waals surface area contributed by atoms with Gasteiger partial charge in [0.05, 0.1) is 12.8 Å². The van der Waals surface area contributed by atoms with Gasteiger partial charge in [0.25, 0.3) is 5.91 Å². The van der Waals surface area contributed by atoms with Crippen LogP contribution < -0.4 is 10.1 Å². The van der Waals surface area contributed by atoms with Gasteiger partial charge in [-0.3, -0.25) is 4.79 Å². The molecule has 0 aliphatic rings. The van der Waals surface area contributed by atoms with Gasteiger partial charge in [-0.1, -0.05) is 5.16 Å². The summed E-state index contributed by atoms with van der Waals surface area (Å²) in [5.74, 6) is 1.07. The number of nitrogens with zero attached hydrogens (tertiary/aromatic N) is 2. The van der Waals surface area contributed by atoms with Crippen LogP contribution in [0, 0.1) is 6.92 Å². The Kier molecular flexibility index (Phi) is 5.76. The third-order valence-electron chi connectivity index (χ3n) is 3.51. The summed E-state index contributed by atoms with van der Waals surface area (Å²) in [6, 6.07) is 7.35. The van der Waals surface area contributed by atoms with Crippen LogP contribution in [0.2, 0.25) is 0 Å². The molecule has 1 N–H and O–H groups in total. The largest absolute Gasteiger partial charge is 0.497 e. The van der Waals surface area contributed by atoms with Crippen molar-refractivity contribution in [2.45, 2.75) is 13.3 Å². The topological polar surface area (TPSA) is 67.6 Å². The van der Waals surface area contributed by atoms with Crippen LogP contribution in [0.15, 0.2) is 28.8 Å². The van der Waals surface area contributed by atoms with E-state index in [1.54, 1.807) is 14.0 Å². The molecule has 2 aromatic rings. The number of methoxy groups -OCH3 is 1. The van der Waals surface area contributed by atoms with E-state index in [2.05, 4.69) is 15.4 Å². The maximum Gasteiger partial charge on any atom is 0.257 e. The second-order valence-corrected chi connectivity index (χ2v) is 5.61. The van der Waals surface area contributed by atoms with Gasteiger partial charge in [-0.25, -0.2) is 0 Å². The fraction of sp³-hybridized carbons (Fsp3) is 0.412. The number of aromatic nitrogens is 1. The SMILES string of the molecule is COc1ccc(-c2onc(C)c2C(=O)NCCCN(C)C)cc1. The maximum atomic E-state index is 12.4. The van der Waals surface area contributed by atoms with Crippen molar-refractivity contribution >= 4 is 5.91 Å². The van der Waals surface area contributed by atoms with Crippen molar-refractivity contribution in [3.63, 3.8) is 0 Å². The van der Waals surface area contributed by atoms with Crippen molar-refractivity contribution in [1.82, 2.24) is 15.4 Å². The van der Waals surface area contributed by atoms with Gasteiger partial charge in [-0.05, 0) is 58.3 Å². The normalized spacial score (nSPS) is 10.8. The number of ether oxygens (including phenoxy) is 1. The lowest BCUT2D eigenvalue weighted by Gasteiger charge is -2.10. The molecular weight excluding hydrogens is 294 g/mol. The van der Waals surface area contributed by atoms with E-state index in [0.717, 1.165) is 24.3 Å². The summed E-state index contributed by atoms with van der Waals surface area (Å²) in [6.45, 7) is 3.31. The number of hydrogen-bond donors (Lipinski definition) is 1. The van der Waals surface area contributed by atoms with Crippen molar-refractivity contribution in [2.24, 2.45) is 0 Å². The molecule has 6 nitrogen and oxygen atoms in total. The first-order valence-electron chi connectivity index (χ1n) is 7.56. The van der Waals surface area contributed by atoms with Gasteiger partial charge in [0.2, 0.25) is 0 Å². The Bertz CT molecular complexity index is 648. The van der Waals surface area contributed by atoms with E-state index in [0.29, 0.717) is 23.6 Å². The molecule has 1 heterocycles. The van der Waals surface area contributed by atoms with Crippen LogP contribution in [0.4, 0.5) is 0 Å². The minimum Gasteiger partial charge on any atom is -0.497 e. The maximum absolute atomic E-state index is 12.4. The van der Waals surface area contributed by atoms with Gasteiger partial charge < -0.3 is 19.5 Å². The van der Waals surface area contributed by atoms with Gasteiger partial charge >= 0.3 is 0 Å². The summed E-state index contributed by atoms with van der Waals surface area (Å²) in [5, 5.41) is 6.86. The van der Waals surface area contributed by atoms with E-state index >= 15 is 0 Å². The van der Waals surface area contributed by atoms with Crippen LogP contribution in [-0.2, 0) is 0 Å². The molecule has 0 aliphatic heterocycles.